The highest BCUT2D eigenvalue weighted by Crippen LogP contribution is 2.30. The van der Waals surface area contributed by atoms with Crippen LogP contribution in [0.3, 0.4) is 0 Å². The number of benzene rings is 3. The van der Waals surface area contributed by atoms with E-state index in [4.69, 9.17) is 16.3 Å². The van der Waals surface area contributed by atoms with Crippen LogP contribution in [0.15, 0.2) is 41.2 Å². The fraction of sp³-hybridized carbons (Fsp3) is 0.267. The molecule has 1 heterocycles. The first kappa shape index (κ1) is 32.4. The average Bonchev–Trinajstić information content (AvgIpc) is 2.97. The minimum absolute atomic E-state index is 0.176. The van der Waals surface area contributed by atoms with E-state index >= 15 is 0 Å². The second kappa shape index (κ2) is 12.2. The zero-order chi connectivity index (χ0) is 32.7. The molecule has 0 bridgehead atoms. The van der Waals surface area contributed by atoms with Gasteiger partial charge in [-0.15, -0.1) is 0 Å². The molecule has 0 unspecified atom stereocenters. The van der Waals surface area contributed by atoms with Crippen LogP contribution in [0.1, 0.15) is 42.5 Å². The van der Waals surface area contributed by atoms with Crippen molar-refractivity contribution in [3.05, 3.63) is 97.8 Å². The summed E-state index contributed by atoms with van der Waals surface area (Å²) in [6.07, 6.45) is 0. The van der Waals surface area contributed by atoms with Crippen molar-refractivity contribution < 1.29 is 41.0 Å². The van der Waals surface area contributed by atoms with E-state index in [1.165, 1.54) is 28.8 Å². The summed E-state index contributed by atoms with van der Waals surface area (Å²) in [6, 6.07) is 8.47. The maximum atomic E-state index is 13.9. The molecule has 0 aliphatic carbocycles. The van der Waals surface area contributed by atoms with E-state index in [-0.39, 0.29) is 24.2 Å². The molecule has 0 radical (unpaired) electrons. The SMILES string of the molecule is Cc1nc2cc(Cl)c(CN(C)c3ccc(C(=O)Oc4c(F)c(F)c(F)c(F)c4F)cc3)cc2c(=O)n1COC(=O)C(C)(C)C. The van der Waals surface area contributed by atoms with Crippen LogP contribution in [0, 0.1) is 41.4 Å². The molecule has 0 fully saturated rings. The highest BCUT2D eigenvalue weighted by Gasteiger charge is 2.29. The number of esters is 2. The lowest BCUT2D eigenvalue weighted by Crippen LogP contribution is -2.30. The summed E-state index contributed by atoms with van der Waals surface area (Å²) in [4.78, 5) is 44.0. The first-order valence-electron chi connectivity index (χ1n) is 12.9. The molecule has 0 saturated heterocycles. The van der Waals surface area contributed by atoms with E-state index in [0.717, 1.165) is 0 Å². The topological polar surface area (TPSA) is 90.7 Å². The van der Waals surface area contributed by atoms with Gasteiger partial charge < -0.3 is 14.4 Å². The number of nitrogens with zero attached hydrogens (tertiary/aromatic N) is 3. The number of aryl methyl sites for hydroxylation is 1. The van der Waals surface area contributed by atoms with Gasteiger partial charge in [0.1, 0.15) is 5.82 Å². The van der Waals surface area contributed by atoms with Crippen LogP contribution in [-0.2, 0) is 22.8 Å². The Kier molecular flexibility index (Phi) is 9.00. The Balaban J connectivity index is 1.54. The van der Waals surface area contributed by atoms with Crippen molar-refractivity contribution in [1.29, 1.82) is 0 Å². The van der Waals surface area contributed by atoms with Gasteiger partial charge in [0.25, 0.3) is 5.56 Å². The van der Waals surface area contributed by atoms with E-state index < -0.39 is 57.7 Å². The summed E-state index contributed by atoms with van der Waals surface area (Å²) in [7, 11) is 1.68. The van der Waals surface area contributed by atoms with Crippen LogP contribution in [0.4, 0.5) is 27.6 Å². The van der Waals surface area contributed by atoms with Crippen molar-refractivity contribution in [2.75, 3.05) is 11.9 Å². The second-order valence-corrected chi connectivity index (χ2v) is 11.3. The molecule has 0 aliphatic heterocycles. The molecule has 3 aromatic carbocycles. The van der Waals surface area contributed by atoms with Gasteiger partial charge in [-0.1, -0.05) is 11.6 Å². The first-order valence-corrected chi connectivity index (χ1v) is 13.3. The smallest absolute Gasteiger partial charge is 0.343 e. The van der Waals surface area contributed by atoms with Crippen LogP contribution in [-0.4, -0.2) is 28.5 Å². The zero-order valence-corrected chi connectivity index (χ0v) is 24.8. The lowest BCUT2D eigenvalue weighted by Gasteiger charge is -2.21. The summed E-state index contributed by atoms with van der Waals surface area (Å²) < 4.78 is 79.0. The molecule has 1 aromatic heterocycles. The quantitative estimate of drug-likeness (QED) is 0.0756. The number of rotatable bonds is 7. The summed E-state index contributed by atoms with van der Waals surface area (Å²) in [5.41, 5.74) is -0.0163. The van der Waals surface area contributed by atoms with Gasteiger partial charge in [-0.25, -0.2) is 22.9 Å². The highest BCUT2D eigenvalue weighted by molar-refractivity contribution is 6.32. The van der Waals surface area contributed by atoms with Crippen LogP contribution < -0.4 is 15.2 Å². The molecule has 44 heavy (non-hydrogen) atoms. The number of hydrogen-bond acceptors (Lipinski definition) is 7. The van der Waals surface area contributed by atoms with Crippen molar-refractivity contribution in [2.24, 2.45) is 5.41 Å². The third-order valence-corrected chi connectivity index (χ3v) is 6.92. The van der Waals surface area contributed by atoms with Gasteiger partial charge in [-0.2, -0.15) is 8.78 Å². The Labute approximate surface area is 252 Å². The Morgan fingerprint density at radius 1 is 0.955 bits per heavy atom. The predicted octanol–water partition coefficient (Wildman–Crippen LogP) is 6.46. The molecular weight excluding hydrogens is 613 g/mol. The van der Waals surface area contributed by atoms with Gasteiger partial charge in [0.15, 0.2) is 6.73 Å². The molecule has 0 atom stereocenters. The molecular formula is C30H25ClF5N3O5. The minimum Gasteiger partial charge on any atom is -0.443 e. The fourth-order valence-corrected chi connectivity index (χ4v) is 4.25. The average molecular weight is 638 g/mol. The predicted molar refractivity (Wildman–Crippen MR) is 151 cm³/mol. The molecule has 4 aromatic rings. The van der Waals surface area contributed by atoms with Crippen molar-refractivity contribution in [2.45, 2.75) is 41.0 Å². The normalized spacial score (nSPS) is 11.5. The Morgan fingerprint density at radius 3 is 2.09 bits per heavy atom. The van der Waals surface area contributed by atoms with Crippen LogP contribution in [0.2, 0.25) is 5.02 Å². The molecule has 0 spiro atoms. The van der Waals surface area contributed by atoms with Crippen molar-refractivity contribution in [3.63, 3.8) is 0 Å². The third-order valence-electron chi connectivity index (χ3n) is 6.57. The number of hydrogen-bond donors (Lipinski definition) is 0. The summed E-state index contributed by atoms with van der Waals surface area (Å²) in [5, 5.41) is 0.553. The number of anilines is 1. The minimum atomic E-state index is -2.38. The maximum absolute atomic E-state index is 13.9. The Morgan fingerprint density at radius 2 is 1.52 bits per heavy atom. The molecule has 8 nitrogen and oxygen atoms in total. The van der Waals surface area contributed by atoms with Crippen LogP contribution >= 0.6 is 11.6 Å². The third kappa shape index (κ3) is 6.37. The number of carbonyl (C=O) groups excluding carboxylic acids is 2. The van der Waals surface area contributed by atoms with E-state index in [1.807, 2.05) is 0 Å². The maximum Gasteiger partial charge on any atom is 0.343 e. The second-order valence-electron chi connectivity index (χ2n) is 10.9. The first-order chi connectivity index (χ1) is 20.5. The number of aromatic nitrogens is 2. The molecule has 0 aliphatic rings. The van der Waals surface area contributed by atoms with Gasteiger partial charge in [-0.05, 0) is 69.7 Å². The summed E-state index contributed by atoms with van der Waals surface area (Å²) in [6.45, 7) is 6.52. The molecule has 0 N–H and O–H groups in total. The Hall–Kier alpha value is -4.52. The standard InChI is InChI=1S/C30H25ClF5N3O5/c1-14-37-20-11-19(31)16(10-18(20)27(40)39(14)13-43-29(42)30(2,3)4)12-38(5)17-8-6-15(7-9-17)28(41)44-26-24(35)22(33)21(32)23(34)25(26)36/h6-11H,12-13H2,1-5H3. The van der Waals surface area contributed by atoms with Crippen molar-refractivity contribution in [1.82, 2.24) is 9.55 Å². The largest absolute Gasteiger partial charge is 0.443 e. The van der Waals surface area contributed by atoms with Crippen LogP contribution in [0.25, 0.3) is 10.9 Å². The summed E-state index contributed by atoms with van der Waals surface area (Å²) >= 11 is 6.49. The highest BCUT2D eigenvalue weighted by atomic mass is 35.5. The Bertz CT molecular complexity index is 1830. The molecule has 14 heteroatoms. The van der Waals surface area contributed by atoms with Gasteiger partial charge >= 0.3 is 11.9 Å². The number of ether oxygens (including phenoxy) is 2. The van der Waals surface area contributed by atoms with E-state index in [2.05, 4.69) is 9.72 Å². The number of halogens is 6. The van der Waals surface area contributed by atoms with Crippen molar-refractivity contribution in [3.8, 4) is 5.75 Å². The monoisotopic (exact) mass is 637 g/mol. The van der Waals surface area contributed by atoms with Crippen molar-refractivity contribution >= 4 is 40.1 Å². The summed E-state index contributed by atoms with van der Waals surface area (Å²) in [5.74, 6) is -14.7. The van der Waals surface area contributed by atoms with Crippen LogP contribution in [0.5, 0.6) is 5.75 Å². The number of fused-ring (bicyclic) bond motifs is 1. The van der Waals surface area contributed by atoms with E-state index in [1.54, 1.807) is 51.8 Å². The van der Waals surface area contributed by atoms with Gasteiger partial charge in [0.05, 0.1) is 21.9 Å². The molecule has 232 valence electrons. The van der Waals surface area contributed by atoms with E-state index in [9.17, 15) is 36.3 Å². The fourth-order valence-electron chi connectivity index (χ4n) is 4.04. The molecule has 0 amide bonds. The van der Waals surface area contributed by atoms with E-state index in [0.29, 0.717) is 27.6 Å². The van der Waals surface area contributed by atoms with Gasteiger partial charge in [0.2, 0.25) is 34.8 Å². The lowest BCUT2D eigenvalue weighted by molar-refractivity contribution is -0.157. The zero-order valence-electron chi connectivity index (χ0n) is 24.0. The lowest BCUT2D eigenvalue weighted by atomic mass is 9.98. The molecule has 4 rings (SSSR count). The number of carbonyl (C=O) groups is 2. The van der Waals surface area contributed by atoms with Gasteiger partial charge in [0, 0.05) is 24.3 Å². The molecule has 0 saturated carbocycles. The van der Waals surface area contributed by atoms with Gasteiger partial charge in [-0.3, -0.25) is 14.2 Å².